The Kier molecular flexibility index (Phi) is 4.05. The first-order valence-electron chi connectivity index (χ1n) is 6.29. The Balaban J connectivity index is 2.35. The molecular weight excluding hydrogens is 242 g/mol. The van der Waals surface area contributed by atoms with Gasteiger partial charge in [-0.2, -0.15) is 0 Å². The fraction of sp³-hybridized carbons (Fsp3) is 0.467. The number of nitrogens with one attached hydrogen (secondary N) is 1. The van der Waals surface area contributed by atoms with Crippen molar-refractivity contribution in [2.24, 2.45) is 0 Å². The number of hydrogen-bond acceptors (Lipinski definition) is 3. The van der Waals surface area contributed by atoms with Crippen LogP contribution in [0.5, 0.6) is 0 Å². The van der Waals surface area contributed by atoms with Crippen LogP contribution in [0, 0.1) is 0 Å². The van der Waals surface area contributed by atoms with Gasteiger partial charge in [-0.25, -0.2) is 0 Å². The summed E-state index contributed by atoms with van der Waals surface area (Å²) in [4.78, 5) is 1.38. The van der Waals surface area contributed by atoms with E-state index in [-0.39, 0.29) is 5.60 Å². The minimum Gasteiger partial charge on any atom is -0.371 e. The van der Waals surface area contributed by atoms with E-state index in [4.69, 9.17) is 4.74 Å². The number of ether oxygens (including phenoxy) is 1. The molecule has 0 fully saturated rings. The first-order valence-corrected chi connectivity index (χ1v) is 7.11. The molecule has 0 radical (unpaired) electrons. The van der Waals surface area contributed by atoms with E-state index in [1.165, 1.54) is 20.5 Å². The first-order chi connectivity index (χ1) is 8.51. The predicted molar refractivity (Wildman–Crippen MR) is 79.1 cm³/mol. The summed E-state index contributed by atoms with van der Waals surface area (Å²) < 4.78 is 7.29. The third-order valence-electron chi connectivity index (χ3n) is 2.77. The summed E-state index contributed by atoms with van der Waals surface area (Å²) in [6.45, 7) is 7.88. The van der Waals surface area contributed by atoms with Gasteiger partial charge >= 0.3 is 0 Å². The van der Waals surface area contributed by atoms with Crippen molar-refractivity contribution in [3.05, 3.63) is 34.7 Å². The van der Waals surface area contributed by atoms with E-state index in [9.17, 15) is 0 Å². The van der Waals surface area contributed by atoms with Crippen molar-refractivity contribution in [1.82, 2.24) is 5.32 Å². The minimum atomic E-state index is -0.0973. The van der Waals surface area contributed by atoms with Gasteiger partial charge in [0.2, 0.25) is 0 Å². The Labute approximate surface area is 113 Å². The molecule has 1 aromatic carbocycles. The maximum Gasteiger partial charge on any atom is 0.0741 e. The SMILES string of the molecule is CNCc1sc2ccccc2c1COC(C)(C)C. The maximum atomic E-state index is 5.95. The molecule has 1 heterocycles. The van der Waals surface area contributed by atoms with Crippen molar-refractivity contribution in [2.45, 2.75) is 39.5 Å². The van der Waals surface area contributed by atoms with Gasteiger partial charge in [0.05, 0.1) is 12.2 Å². The van der Waals surface area contributed by atoms with Crippen LogP contribution in [0.1, 0.15) is 31.2 Å². The molecule has 3 heteroatoms. The zero-order chi connectivity index (χ0) is 13.2. The van der Waals surface area contributed by atoms with E-state index in [1.807, 2.05) is 18.4 Å². The molecule has 0 saturated carbocycles. The first kappa shape index (κ1) is 13.5. The number of benzene rings is 1. The summed E-state index contributed by atoms with van der Waals surface area (Å²) in [6.07, 6.45) is 0. The van der Waals surface area contributed by atoms with Gasteiger partial charge in [-0.05, 0) is 39.3 Å². The summed E-state index contributed by atoms with van der Waals surface area (Å²) in [5.74, 6) is 0. The smallest absolute Gasteiger partial charge is 0.0741 e. The van der Waals surface area contributed by atoms with Crippen molar-refractivity contribution >= 4 is 21.4 Å². The van der Waals surface area contributed by atoms with Gasteiger partial charge in [-0.3, -0.25) is 0 Å². The minimum absolute atomic E-state index is 0.0973. The molecular formula is C15H21NOS. The number of fused-ring (bicyclic) bond motifs is 1. The lowest BCUT2D eigenvalue weighted by Crippen LogP contribution is -2.19. The van der Waals surface area contributed by atoms with E-state index in [0.717, 1.165) is 6.54 Å². The van der Waals surface area contributed by atoms with Gasteiger partial charge in [0.25, 0.3) is 0 Å². The second kappa shape index (κ2) is 5.39. The van der Waals surface area contributed by atoms with Gasteiger partial charge < -0.3 is 10.1 Å². The molecule has 2 nitrogen and oxygen atoms in total. The third kappa shape index (κ3) is 3.10. The van der Waals surface area contributed by atoms with Crippen molar-refractivity contribution in [2.75, 3.05) is 7.05 Å². The summed E-state index contributed by atoms with van der Waals surface area (Å²) in [5.41, 5.74) is 1.24. The molecule has 18 heavy (non-hydrogen) atoms. The Morgan fingerprint density at radius 3 is 2.61 bits per heavy atom. The molecule has 1 N–H and O–H groups in total. The number of thiophene rings is 1. The van der Waals surface area contributed by atoms with Crippen molar-refractivity contribution in [3.8, 4) is 0 Å². The van der Waals surface area contributed by atoms with Crippen molar-refractivity contribution in [3.63, 3.8) is 0 Å². The lowest BCUT2D eigenvalue weighted by atomic mass is 10.1. The van der Waals surface area contributed by atoms with Gasteiger partial charge in [0, 0.05) is 21.7 Å². The number of hydrogen-bond donors (Lipinski definition) is 1. The summed E-state index contributed by atoms with van der Waals surface area (Å²) in [6, 6.07) is 8.56. The summed E-state index contributed by atoms with van der Waals surface area (Å²) in [7, 11) is 1.98. The van der Waals surface area contributed by atoms with Crippen LogP contribution in [0.4, 0.5) is 0 Å². The Hall–Kier alpha value is -0.900. The van der Waals surface area contributed by atoms with Crippen molar-refractivity contribution in [1.29, 1.82) is 0 Å². The Bertz CT molecular complexity index is 525. The summed E-state index contributed by atoms with van der Waals surface area (Å²) in [5, 5.41) is 4.57. The predicted octanol–water partition coefficient (Wildman–Crippen LogP) is 3.94. The molecule has 0 atom stereocenters. The monoisotopic (exact) mass is 263 g/mol. The maximum absolute atomic E-state index is 5.95. The summed E-state index contributed by atoms with van der Waals surface area (Å²) >= 11 is 1.86. The Morgan fingerprint density at radius 2 is 1.94 bits per heavy atom. The second-order valence-corrected chi connectivity index (χ2v) is 6.57. The highest BCUT2D eigenvalue weighted by molar-refractivity contribution is 7.19. The van der Waals surface area contributed by atoms with Crippen LogP contribution in [0.15, 0.2) is 24.3 Å². The molecule has 0 unspecified atom stereocenters. The molecule has 0 aliphatic rings. The van der Waals surface area contributed by atoms with Crippen molar-refractivity contribution < 1.29 is 4.74 Å². The second-order valence-electron chi connectivity index (χ2n) is 5.43. The zero-order valence-electron chi connectivity index (χ0n) is 11.5. The van der Waals surface area contributed by atoms with Crippen LogP contribution in [-0.2, 0) is 17.9 Å². The van der Waals surface area contributed by atoms with Crippen LogP contribution in [-0.4, -0.2) is 12.6 Å². The van der Waals surface area contributed by atoms with E-state index in [2.05, 4.69) is 50.4 Å². The largest absolute Gasteiger partial charge is 0.371 e. The molecule has 0 bridgehead atoms. The quantitative estimate of drug-likeness (QED) is 0.902. The fourth-order valence-electron chi connectivity index (χ4n) is 1.90. The molecule has 0 amide bonds. The van der Waals surface area contributed by atoms with Crippen LogP contribution < -0.4 is 5.32 Å². The van der Waals surface area contributed by atoms with E-state index in [0.29, 0.717) is 6.61 Å². The topological polar surface area (TPSA) is 21.3 Å². The highest BCUT2D eigenvalue weighted by atomic mass is 32.1. The molecule has 0 saturated heterocycles. The average molecular weight is 263 g/mol. The molecule has 2 rings (SSSR count). The zero-order valence-corrected chi connectivity index (χ0v) is 12.4. The van der Waals surface area contributed by atoms with Gasteiger partial charge in [0.1, 0.15) is 0 Å². The molecule has 1 aromatic heterocycles. The van der Waals surface area contributed by atoms with Gasteiger partial charge in [0.15, 0.2) is 0 Å². The van der Waals surface area contributed by atoms with E-state index < -0.39 is 0 Å². The lowest BCUT2D eigenvalue weighted by Gasteiger charge is -2.20. The van der Waals surface area contributed by atoms with Crippen LogP contribution in [0.2, 0.25) is 0 Å². The molecule has 0 spiro atoms. The highest BCUT2D eigenvalue weighted by Gasteiger charge is 2.15. The molecule has 2 aromatic rings. The molecule has 98 valence electrons. The Morgan fingerprint density at radius 1 is 1.22 bits per heavy atom. The standard InChI is InChI=1S/C15H21NOS/c1-15(2,3)17-10-12-11-7-5-6-8-13(11)18-14(12)9-16-4/h5-8,16H,9-10H2,1-4H3. The van der Waals surface area contributed by atoms with Crippen LogP contribution in [0.25, 0.3) is 10.1 Å². The lowest BCUT2D eigenvalue weighted by molar-refractivity contribution is -0.0145. The van der Waals surface area contributed by atoms with Gasteiger partial charge in [-0.15, -0.1) is 11.3 Å². The average Bonchev–Trinajstić information content (AvgIpc) is 2.63. The van der Waals surface area contributed by atoms with Gasteiger partial charge in [-0.1, -0.05) is 18.2 Å². The number of rotatable bonds is 4. The highest BCUT2D eigenvalue weighted by Crippen LogP contribution is 2.32. The molecule has 0 aliphatic carbocycles. The van der Waals surface area contributed by atoms with Crippen LogP contribution >= 0.6 is 11.3 Å². The third-order valence-corrected chi connectivity index (χ3v) is 3.98. The molecule has 0 aliphatic heterocycles. The van der Waals surface area contributed by atoms with E-state index in [1.54, 1.807) is 0 Å². The normalized spacial score (nSPS) is 12.2. The van der Waals surface area contributed by atoms with E-state index >= 15 is 0 Å². The fourth-order valence-corrected chi connectivity index (χ4v) is 3.12. The van der Waals surface area contributed by atoms with Crippen LogP contribution in [0.3, 0.4) is 0 Å².